The lowest BCUT2D eigenvalue weighted by molar-refractivity contribution is 0.997. The van der Waals surface area contributed by atoms with Crippen molar-refractivity contribution in [2.75, 3.05) is 11.9 Å². The fourth-order valence-electron chi connectivity index (χ4n) is 1.56. The van der Waals surface area contributed by atoms with Gasteiger partial charge in [-0.3, -0.25) is 0 Å². The van der Waals surface area contributed by atoms with E-state index >= 15 is 0 Å². The van der Waals surface area contributed by atoms with E-state index in [1.54, 1.807) is 11.3 Å². The average Bonchev–Trinajstić information content (AvgIpc) is 2.82. The highest BCUT2D eigenvalue weighted by molar-refractivity contribution is 9.10. The maximum atomic E-state index is 5.70. The fourth-order valence-corrected chi connectivity index (χ4v) is 2.72. The first kappa shape index (κ1) is 13.5. The number of benzene rings is 1. The van der Waals surface area contributed by atoms with Crippen molar-refractivity contribution in [2.45, 2.75) is 6.42 Å². The second-order valence-corrected chi connectivity index (χ2v) is 5.99. The van der Waals surface area contributed by atoms with Crippen molar-refractivity contribution in [1.29, 1.82) is 0 Å². The number of halogens is 1. The van der Waals surface area contributed by atoms with Crippen molar-refractivity contribution < 1.29 is 0 Å². The molecular formula is C12H12BrN3S2. The summed E-state index contributed by atoms with van der Waals surface area (Å²) in [5, 5.41) is 6.44. The number of hydrogen-bond donors (Lipinski definition) is 2. The first-order valence-electron chi connectivity index (χ1n) is 5.38. The Hall–Kier alpha value is -0.980. The van der Waals surface area contributed by atoms with Crippen LogP contribution < -0.4 is 11.1 Å². The Bertz CT molecular complexity index is 540. The molecule has 1 aromatic carbocycles. The summed E-state index contributed by atoms with van der Waals surface area (Å²) in [5.74, 6) is 0. The summed E-state index contributed by atoms with van der Waals surface area (Å²) >= 11 is 10.1. The van der Waals surface area contributed by atoms with Crippen LogP contribution in [0.5, 0.6) is 0 Å². The molecule has 0 aliphatic rings. The van der Waals surface area contributed by atoms with Gasteiger partial charge in [0.25, 0.3) is 0 Å². The Morgan fingerprint density at radius 2 is 2.33 bits per heavy atom. The van der Waals surface area contributed by atoms with E-state index < -0.39 is 0 Å². The topological polar surface area (TPSA) is 50.9 Å². The zero-order valence-corrected chi connectivity index (χ0v) is 12.7. The van der Waals surface area contributed by atoms with E-state index in [0.29, 0.717) is 4.99 Å². The van der Waals surface area contributed by atoms with Gasteiger partial charge in [0, 0.05) is 40.3 Å². The Morgan fingerprint density at radius 1 is 1.50 bits per heavy atom. The minimum Gasteiger partial charge on any atom is -0.389 e. The molecule has 3 nitrogen and oxygen atoms in total. The van der Waals surface area contributed by atoms with Crippen molar-refractivity contribution in [1.82, 2.24) is 4.98 Å². The van der Waals surface area contributed by atoms with Gasteiger partial charge in [-0.15, -0.1) is 11.3 Å². The van der Waals surface area contributed by atoms with Crippen molar-refractivity contribution >= 4 is 50.2 Å². The Balaban J connectivity index is 2.03. The van der Waals surface area contributed by atoms with Gasteiger partial charge in [0.05, 0.1) is 5.01 Å². The molecule has 2 rings (SSSR count). The number of nitrogens with two attached hydrogens (primary N) is 1. The highest BCUT2D eigenvalue weighted by atomic mass is 79.9. The quantitative estimate of drug-likeness (QED) is 0.820. The molecule has 0 aliphatic carbocycles. The molecule has 6 heteroatoms. The number of thiocarbonyl (C=S) groups is 1. The van der Waals surface area contributed by atoms with E-state index in [4.69, 9.17) is 18.0 Å². The van der Waals surface area contributed by atoms with E-state index in [9.17, 15) is 0 Å². The van der Waals surface area contributed by atoms with Crippen LogP contribution in [0.3, 0.4) is 0 Å². The number of thiazole rings is 1. The molecule has 0 amide bonds. The second kappa shape index (κ2) is 6.26. The van der Waals surface area contributed by atoms with Crippen molar-refractivity contribution in [3.8, 4) is 0 Å². The second-order valence-electron chi connectivity index (χ2n) is 3.66. The van der Waals surface area contributed by atoms with Crippen molar-refractivity contribution in [3.05, 3.63) is 44.8 Å². The highest BCUT2D eigenvalue weighted by Crippen LogP contribution is 2.21. The molecular weight excluding hydrogens is 330 g/mol. The molecule has 18 heavy (non-hydrogen) atoms. The summed E-state index contributed by atoms with van der Waals surface area (Å²) in [7, 11) is 0. The first-order valence-corrected chi connectivity index (χ1v) is 7.46. The molecule has 0 unspecified atom stereocenters. The predicted molar refractivity (Wildman–Crippen MR) is 84.3 cm³/mol. The van der Waals surface area contributed by atoms with Crippen LogP contribution in [-0.4, -0.2) is 16.5 Å². The number of rotatable bonds is 5. The SMILES string of the molecule is NC(=S)c1ccc(Br)cc1NCCc1nccs1. The summed E-state index contributed by atoms with van der Waals surface area (Å²) in [4.78, 5) is 4.64. The minimum atomic E-state index is 0.402. The molecule has 0 spiro atoms. The Morgan fingerprint density at radius 3 is 3.00 bits per heavy atom. The van der Waals surface area contributed by atoms with Crippen molar-refractivity contribution in [3.63, 3.8) is 0 Å². The molecule has 94 valence electrons. The van der Waals surface area contributed by atoms with Crippen LogP contribution in [0.25, 0.3) is 0 Å². The number of anilines is 1. The molecule has 0 saturated heterocycles. The van der Waals surface area contributed by atoms with Gasteiger partial charge in [-0.1, -0.05) is 28.1 Å². The first-order chi connectivity index (χ1) is 8.66. The van der Waals surface area contributed by atoms with E-state index in [-0.39, 0.29) is 0 Å². The third-order valence-electron chi connectivity index (χ3n) is 2.38. The standard InChI is InChI=1S/C12H12BrN3S2/c13-8-1-2-9(12(14)17)10(7-8)15-4-3-11-16-5-6-18-11/h1-2,5-7,15H,3-4H2,(H2,14,17). The molecule has 0 aliphatic heterocycles. The van der Waals surface area contributed by atoms with Crippen molar-refractivity contribution in [2.24, 2.45) is 5.73 Å². The normalized spacial score (nSPS) is 10.3. The number of hydrogen-bond acceptors (Lipinski definition) is 4. The smallest absolute Gasteiger partial charge is 0.106 e. The Kier molecular flexibility index (Phi) is 4.68. The maximum absolute atomic E-state index is 5.70. The van der Waals surface area contributed by atoms with Gasteiger partial charge in [-0.05, 0) is 18.2 Å². The molecule has 3 N–H and O–H groups in total. The number of nitrogens with one attached hydrogen (secondary N) is 1. The van der Waals surface area contributed by atoms with Gasteiger partial charge in [0.2, 0.25) is 0 Å². The summed E-state index contributed by atoms with van der Waals surface area (Å²) in [6.07, 6.45) is 2.71. The monoisotopic (exact) mass is 341 g/mol. The van der Waals surface area contributed by atoms with Crippen LogP contribution in [0.2, 0.25) is 0 Å². The molecule has 0 bridgehead atoms. The van der Waals surface area contributed by atoms with Crippen LogP contribution in [0.4, 0.5) is 5.69 Å². The molecule has 0 saturated carbocycles. The lowest BCUT2D eigenvalue weighted by Crippen LogP contribution is -2.14. The third kappa shape index (κ3) is 3.51. The predicted octanol–water partition coefficient (Wildman–Crippen LogP) is 3.19. The lowest BCUT2D eigenvalue weighted by atomic mass is 10.1. The molecule has 0 atom stereocenters. The van der Waals surface area contributed by atoms with Crippen LogP contribution in [0.1, 0.15) is 10.6 Å². The van der Waals surface area contributed by atoms with E-state index in [1.165, 1.54) is 0 Å². The van der Waals surface area contributed by atoms with Gasteiger partial charge in [0.15, 0.2) is 0 Å². The lowest BCUT2D eigenvalue weighted by Gasteiger charge is -2.11. The molecule has 1 heterocycles. The molecule has 2 aromatic rings. The minimum absolute atomic E-state index is 0.402. The largest absolute Gasteiger partial charge is 0.389 e. The van der Waals surface area contributed by atoms with E-state index in [2.05, 4.69) is 26.2 Å². The molecule has 0 fully saturated rings. The third-order valence-corrected chi connectivity index (χ3v) is 3.94. The maximum Gasteiger partial charge on any atom is 0.106 e. The number of nitrogens with zero attached hydrogens (tertiary/aromatic N) is 1. The van der Waals surface area contributed by atoms with E-state index in [1.807, 2.05) is 29.8 Å². The summed E-state index contributed by atoms with van der Waals surface area (Å²) in [6.45, 7) is 0.805. The van der Waals surface area contributed by atoms with Gasteiger partial charge >= 0.3 is 0 Å². The zero-order chi connectivity index (χ0) is 13.0. The summed E-state index contributed by atoms with van der Waals surface area (Å²) in [6, 6.07) is 5.83. The average molecular weight is 342 g/mol. The summed E-state index contributed by atoms with van der Waals surface area (Å²) < 4.78 is 0.999. The summed E-state index contributed by atoms with van der Waals surface area (Å²) in [5.41, 5.74) is 7.52. The van der Waals surface area contributed by atoms with Crippen LogP contribution in [0, 0.1) is 0 Å². The van der Waals surface area contributed by atoms with Gasteiger partial charge in [0.1, 0.15) is 4.99 Å². The van der Waals surface area contributed by atoms with Gasteiger partial charge in [-0.2, -0.15) is 0 Å². The number of aromatic nitrogens is 1. The molecule has 1 aromatic heterocycles. The van der Waals surface area contributed by atoms with Gasteiger partial charge < -0.3 is 11.1 Å². The Labute approximate surface area is 124 Å². The van der Waals surface area contributed by atoms with Crippen LogP contribution in [-0.2, 0) is 6.42 Å². The molecule has 0 radical (unpaired) electrons. The van der Waals surface area contributed by atoms with Crippen LogP contribution >= 0.6 is 39.5 Å². The van der Waals surface area contributed by atoms with Gasteiger partial charge in [-0.25, -0.2) is 4.98 Å². The van der Waals surface area contributed by atoms with Crippen LogP contribution in [0.15, 0.2) is 34.2 Å². The fraction of sp³-hybridized carbons (Fsp3) is 0.167. The van der Waals surface area contributed by atoms with E-state index in [0.717, 1.165) is 33.7 Å². The highest BCUT2D eigenvalue weighted by Gasteiger charge is 2.05. The zero-order valence-electron chi connectivity index (χ0n) is 9.52.